The minimum Gasteiger partial charge on any atom is -0.516 e. The highest BCUT2D eigenvalue weighted by atomic mass is 28.4. The standard InChI is InChI=1S/C13H24O2Si/c1-3-4-5-6-7-10-13(14)15-16(2)11-8-9-12-16/h7,10H,3-6,8-9,11-12H2,1-2H3/b10-7+. The van der Waals surface area contributed by atoms with Crippen molar-refractivity contribution in [1.29, 1.82) is 0 Å². The van der Waals surface area contributed by atoms with E-state index in [1.807, 2.05) is 6.08 Å². The van der Waals surface area contributed by atoms with Crippen molar-refractivity contribution >= 4 is 14.3 Å². The number of carbonyl (C=O) groups excluding carboxylic acids is 1. The molecule has 92 valence electrons. The molecule has 0 aromatic rings. The van der Waals surface area contributed by atoms with Crippen LogP contribution in [0.3, 0.4) is 0 Å². The molecule has 1 saturated heterocycles. The average molecular weight is 240 g/mol. The second-order valence-electron chi connectivity index (χ2n) is 4.98. The van der Waals surface area contributed by atoms with Crippen LogP contribution in [0.2, 0.25) is 18.6 Å². The molecule has 0 saturated carbocycles. The summed E-state index contributed by atoms with van der Waals surface area (Å²) in [6.45, 7) is 4.37. The first-order chi connectivity index (χ1) is 7.66. The zero-order valence-electron chi connectivity index (χ0n) is 10.6. The molecule has 0 atom stereocenters. The van der Waals surface area contributed by atoms with Gasteiger partial charge in [-0.25, -0.2) is 4.79 Å². The van der Waals surface area contributed by atoms with Gasteiger partial charge in [-0.15, -0.1) is 0 Å². The fourth-order valence-corrected chi connectivity index (χ4v) is 5.20. The lowest BCUT2D eigenvalue weighted by Crippen LogP contribution is -2.32. The topological polar surface area (TPSA) is 26.3 Å². The zero-order chi connectivity index (χ0) is 11.9. The molecule has 0 spiro atoms. The molecule has 16 heavy (non-hydrogen) atoms. The van der Waals surface area contributed by atoms with Gasteiger partial charge in [0.15, 0.2) is 0 Å². The molecule has 0 radical (unpaired) electrons. The Bertz CT molecular complexity index is 242. The minimum atomic E-state index is -1.63. The smallest absolute Gasteiger partial charge is 0.317 e. The molecule has 0 amide bonds. The fraction of sp³-hybridized carbons (Fsp3) is 0.769. The second kappa shape index (κ2) is 6.89. The zero-order valence-corrected chi connectivity index (χ0v) is 11.6. The molecule has 0 aliphatic carbocycles. The molecule has 0 N–H and O–H groups in total. The van der Waals surface area contributed by atoms with Gasteiger partial charge < -0.3 is 4.43 Å². The molecule has 2 nitrogen and oxygen atoms in total. The van der Waals surface area contributed by atoms with Gasteiger partial charge in [0.05, 0.1) is 0 Å². The summed E-state index contributed by atoms with van der Waals surface area (Å²) in [4.78, 5) is 11.6. The number of allylic oxidation sites excluding steroid dienone is 1. The van der Waals surface area contributed by atoms with E-state index in [2.05, 4.69) is 13.5 Å². The summed E-state index contributed by atoms with van der Waals surface area (Å²) in [6, 6.07) is 2.31. The first-order valence-electron chi connectivity index (χ1n) is 6.56. The van der Waals surface area contributed by atoms with Crippen molar-refractivity contribution in [3.05, 3.63) is 12.2 Å². The summed E-state index contributed by atoms with van der Waals surface area (Å²) < 4.78 is 5.62. The van der Waals surface area contributed by atoms with Gasteiger partial charge in [-0.3, -0.25) is 0 Å². The summed E-state index contributed by atoms with van der Waals surface area (Å²) in [5.74, 6) is -0.104. The molecular weight excluding hydrogens is 216 g/mol. The number of hydrogen-bond acceptors (Lipinski definition) is 2. The summed E-state index contributed by atoms with van der Waals surface area (Å²) in [6.07, 6.45) is 10.7. The third kappa shape index (κ3) is 4.97. The molecule has 1 fully saturated rings. The van der Waals surface area contributed by atoms with E-state index in [9.17, 15) is 4.79 Å². The maximum atomic E-state index is 11.6. The van der Waals surface area contributed by atoms with Crippen molar-refractivity contribution in [2.45, 2.75) is 64.1 Å². The number of hydrogen-bond donors (Lipinski definition) is 0. The highest BCUT2D eigenvalue weighted by Crippen LogP contribution is 2.30. The van der Waals surface area contributed by atoms with Crippen molar-refractivity contribution in [3.8, 4) is 0 Å². The monoisotopic (exact) mass is 240 g/mol. The first kappa shape index (κ1) is 13.5. The second-order valence-corrected chi connectivity index (χ2v) is 9.08. The molecule has 0 aromatic heterocycles. The first-order valence-corrected chi connectivity index (χ1v) is 9.38. The van der Waals surface area contributed by atoms with Crippen molar-refractivity contribution in [3.63, 3.8) is 0 Å². The van der Waals surface area contributed by atoms with Gasteiger partial charge in [-0.05, 0) is 31.5 Å². The molecule has 0 aromatic carbocycles. The number of unbranched alkanes of at least 4 members (excludes halogenated alkanes) is 3. The third-order valence-electron chi connectivity index (χ3n) is 3.24. The van der Waals surface area contributed by atoms with Gasteiger partial charge in [0.25, 0.3) is 8.32 Å². The molecule has 1 rings (SSSR count). The van der Waals surface area contributed by atoms with Crippen LogP contribution in [0.4, 0.5) is 0 Å². The third-order valence-corrected chi connectivity index (χ3v) is 6.75. The summed E-state index contributed by atoms with van der Waals surface area (Å²) >= 11 is 0. The highest BCUT2D eigenvalue weighted by molar-refractivity contribution is 6.74. The van der Waals surface area contributed by atoms with Crippen LogP contribution < -0.4 is 0 Å². The molecule has 3 heteroatoms. The van der Waals surface area contributed by atoms with E-state index in [-0.39, 0.29) is 5.97 Å². The largest absolute Gasteiger partial charge is 0.516 e. The van der Waals surface area contributed by atoms with Crippen LogP contribution >= 0.6 is 0 Å². The molecule has 0 bridgehead atoms. The normalized spacial score (nSPS) is 19.1. The summed E-state index contributed by atoms with van der Waals surface area (Å²) in [5, 5.41) is 0. The average Bonchev–Trinajstić information content (AvgIpc) is 2.64. The Balaban J connectivity index is 2.19. The van der Waals surface area contributed by atoms with Crippen LogP contribution in [0.5, 0.6) is 0 Å². The van der Waals surface area contributed by atoms with Crippen LogP contribution in [0, 0.1) is 0 Å². The highest BCUT2D eigenvalue weighted by Gasteiger charge is 2.35. The van der Waals surface area contributed by atoms with Gasteiger partial charge in [0.1, 0.15) is 0 Å². The Kier molecular flexibility index (Phi) is 5.81. The van der Waals surface area contributed by atoms with E-state index >= 15 is 0 Å². The Morgan fingerprint density at radius 2 is 2.00 bits per heavy atom. The molecule has 1 aliphatic heterocycles. The van der Waals surface area contributed by atoms with Gasteiger partial charge in [0, 0.05) is 6.08 Å². The van der Waals surface area contributed by atoms with E-state index < -0.39 is 8.32 Å². The van der Waals surface area contributed by atoms with Crippen LogP contribution in [0.1, 0.15) is 45.4 Å². The number of carbonyl (C=O) groups is 1. The molecular formula is C13H24O2Si. The summed E-state index contributed by atoms with van der Waals surface area (Å²) in [7, 11) is -1.63. The Hall–Kier alpha value is -0.573. The van der Waals surface area contributed by atoms with Crippen LogP contribution in [0.25, 0.3) is 0 Å². The van der Waals surface area contributed by atoms with Crippen LogP contribution in [0.15, 0.2) is 12.2 Å². The maximum absolute atomic E-state index is 11.6. The van der Waals surface area contributed by atoms with E-state index in [4.69, 9.17) is 4.43 Å². The van der Waals surface area contributed by atoms with Gasteiger partial charge in [-0.2, -0.15) is 0 Å². The van der Waals surface area contributed by atoms with Gasteiger partial charge >= 0.3 is 5.97 Å². The van der Waals surface area contributed by atoms with Crippen molar-refractivity contribution in [2.24, 2.45) is 0 Å². The van der Waals surface area contributed by atoms with E-state index in [0.29, 0.717) is 0 Å². The minimum absolute atomic E-state index is 0.104. The van der Waals surface area contributed by atoms with Gasteiger partial charge in [0.2, 0.25) is 0 Å². The summed E-state index contributed by atoms with van der Waals surface area (Å²) in [5.41, 5.74) is 0. The lowest BCUT2D eigenvalue weighted by molar-refractivity contribution is -0.129. The van der Waals surface area contributed by atoms with Crippen LogP contribution in [-0.4, -0.2) is 14.3 Å². The predicted molar refractivity (Wildman–Crippen MR) is 69.8 cm³/mol. The Morgan fingerprint density at radius 1 is 1.31 bits per heavy atom. The molecule has 1 heterocycles. The van der Waals surface area contributed by atoms with Crippen molar-refractivity contribution in [2.75, 3.05) is 0 Å². The van der Waals surface area contributed by atoms with E-state index in [1.54, 1.807) is 6.08 Å². The number of rotatable bonds is 6. The maximum Gasteiger partial charge on any atom is 0.317 e. The Labute approximate surface area is 100 Å². The molecule has 0 unspecified atom stereocenters. The van der Waals surface area contributed by atoms with Crippen molar-refractivity contribution in [1.82, 2.24) is 0 Å². The predicted octanol–water partition coefficient (Wildman–Crippen LogP) is 4.04. The molecule has 1 aliphatic rings. The Morgan fingerprint density at radius 3 is 2.62 bits per heavy atom. The quantitative estimate of drug-likeness (QED) is 0.398. The van der Waals surface area contributed by atoms with Gasteiger partial charge in [-0.1, -0.05) is 38.7 Å². The van der Waals surface area contributed by atoms with E-state index in [1.165, 1.54) is 32.1 Å². The SMILES string of the molecule is CCCCC/C=C/C(=O)O[Si]1(C)CCCC1. The van der Waals surface area contributed by atoms with Crippen molar-refractivity contribution < 1.29 is 9.22 Å². The lowest BCUT2D eigenvalue weighted by Gasteiger charge is -2.20. The van der Waals surface area contributed by atoms with Crippen LogP contribution in [-0.2, 0) is 9.22 Å². The van der Waals surface area contributed by atoms with E-state index in [0.717, 1.165) is 18.5 Å². The fourth-order valence-electron chi connectivity index (χ4n) is 2.19. The lowest BCUT2D eigenvalue weighted by atomic mass is 10.2.